The Morgan fingerprint density at radius 1 is 1.36 bits per heavy atom. The topological polar surface area (TPSA) is 29.5 Å². The highest BCUT2D eigenvalue weighted by Gasteiger charge is 1.99. The van der Waals surface area contributed by atoms with Gasteiger partial charge in [-0.15, -0.1) is 0 Å². The molecule has 0 spiro atoms. The number of ether oxygens (including phenoxy) is 1. The summed E-state index contributed by atoms with van der Waals surface area (Å²) >= 11 is 0. The zero-order chi connectivity index (χ0) is 7.56. The predicted octanol–water partition coefficient (Wildman–Crippen LogP) is 0.793. The molecule has 2 nitrogen and oxygen atoms in total. The van der Waals surface area contributed by atoms with Gasteiger partial charge in [-0.2, -0.15) is 0 Å². The van der Waals surface area contributed by atoms with Crippen LogP contribution in [0.5, 0.6) is 11.5 Å². The standard InChI is InChI=1S/C8H10O2.Mg.2H/c1-6-7(9)4-3-5-8(6)10-2;;;/h3-5,9H,1-2H3;;;. The minimum atomic E-state index is 0. The third-order valence-electron chi connectivity index (χ3n) is 1.48. The molecule has 0 unspecified atom stereocenters. The highest BCUT2D eigenvalue weighted by molar-refractivity contribution is 5.75. The normalized spacial score (nSPS) is 8.55. The molecule has 0 aliphatic carbocycles. The van der Waals surface area contributed by atoms with Crippen LogP contribution in [-0.2, 0) is 0 Å². The Labute approximate surface area is 82.3 Å². The summed E-state index contributed by atoms with van der Waals surface area (Å²) in [5, 5.41) is 9.15. The molecule has 1 aromatic rings. The quantitative estimate of drug-likeness (QED) is 0.622. The first-order valence-electron chi connectivity index (χ1n) is 3.08. The van der Waals surface area contributed by atoms with Crippen molar-refractivity contribution < 1.29 is 9.84 Å². The minimum absolute atomic E-state index is 0. The highest BCUT2D eigenvalue weighted by Crippen LogP contribution is 2.24. The molecule has 0 aliphatic heterocycles. The van der Waals surface area contributed by atoms with Crippen LogP contribution in [0.1, 0.15) is 5.56 Å². The van der Waals surface area contributed by atoms with Crippen LogP contribution < -0.4 is 4.74 Å². The van der Waals surface area contributed by atoms with Gasteiger partial charge in [-0.1, -0.05) is 6.07 Å². The fraction of sp³-hybridized carbons (Fsp3) is 0.250. The zero-order valence-corrected chi connectivity index (χ0v) is 6.09. The summed E-state index contributed by atoms with van der Waals surface area (Å²) in [5.74, 6) is 0.999. The molecule has 11 heavy (non-hydrogen) atoms. The first kappa shape index (κ1) is 10.6. The van der Waals surface area contributed by atoms with Crippen LogP contribution in [0.2, 0.25) is 0 Å². The van der Waals surface area contributed by atoms with Crippen LogP contribution in [0.3, 0.4) is 0 Å². The zero-order valence-electron chi connectivity index (χ0n) is 6.09. The SMILES string of the molecule is COc1cccc(O)c1C.[MgH2]. The fourth-order valence-corrected chi connectivity index (χ4v) is 0.824. The van der Waals surface area contributed by atoms with Gasteiger partial charge in [0.15, 0.2) is 0 Å². The summed E-state index contributed by atoms with van der Waals surface area (Å²) < 4.78 is 4.97. The van der Waals surface area contributed by atoms with Crippen LogP contribution in [0, 0.1) is 6.92 Å². The van der Waals surface area contributed by atoms with Crippen molar-refractivity contribution in [1.82, 2.24) is 0 Å². The molecule has 0 aliphatic rings. The molecule has 1 aromatic carbocycles. The van der Waals surface area contributed by atoms with Gasteiger partial charge in [0, 0.05) is 5.56 Å². The maximum atomic E-state index is 9.15. The second kappa shape index (κ2) is 4.46. The average Bonchev–Trinajstić information content (AvgIpc) is 1.95. The van der Waals surface area contributed by atoms with Gasteiger partial charge in [0.2, 0.25) is 0 Å². The van der Waals surface area contributed by atoms with E-state index in [9.17, 15) is 0 Å². The lowest BCUT2D eigenvalue weighted by atomic mass is 10.2. The molecule has 0 heterocycles. The number of phenolic OH excluding ortho intramolecular Hbond substituents is 1. The monoisotopic (exact) mass is 164 g/mol. The molecule has 0 bridgehead atoms. The summed E-state index contributed by atoms with van der Waals surface area (Å²) in [4.78, 5) is 0. The number of rotatable bonds is 1. The van der Waals surface area contributed by atoms with Gasteiger partial charge < -0.3 is 9.84 Å². The van der Waals surface area contributed by atoms with Crippen LogP contribution in [-0.4, -0.2) is 35.3 Å². The van der Waals surface area contributed by atoms with Gasteiger partial charge in [-0.3, -0.25) is 0 Å². The summed E-state index contributed by atoms with van der Waals surface area (Å²) in [6.45, 7) is 1.81. The van der Waals surface area contributed by atoms with E-state index in [1.54, 1.807) is 19.2 Å². The van der Waals surface area contributed by atoms with Crippen molar-refractivity contribution in [3.05, 3.63) is 23.8 Å². The van der Waals surface area contributed by atoms with E-state index in [1.165, 1.54) is 0 Å². The first-order chi connectivity index (χ1) is 4.75. The molecule has 0 saturated heterocycles. The maximum absolute atomic E-state index is 9.15. The highest BCUT2D eigenvalue weighted by atomic mass is 24.3. The van der Waals surface area contributed by atoms with Gasteiger partial charge in [-0.05, 0) is 19.1 Å². The lowest BCUT2D eigenvalue weighted by Gasteiger charge is -2.04. The van der Waals surface area contributed by atoms with E-state index in [0.717, 1.165) is 11.3 Å². The van der Waals surface area contributed by atoms with Crippen molar-refractivity contribution in [3.8, 4) is 11.5 Å². The van der Waals surface area contributed by atoms with Crippen LogP contribution >= 0.6 is 0 Å². The predicted molar refractivity (Wildman–Crippen MR) is 47.9 cm³/mol. The van der Waals surface area contributed by atoms with Gasteiger partial charge in [0.1, 0.15) is 11.5 Å². The van der Waals surface area contributed by atoms with Crippen LogP contribution in [0.25, 0.3) is 0 Å². The maximum Gasteiger partial charge on any atom is 0.316 e. The third kappa shape index (κ3) is 2.27. The van der Waals surface area contributed by atoms with Crippen LogP contribution in [0.4, 0.5) is 0 Å². The van der Waals surface area contributed by atoms with Crippen molar-refractivity contribution in [2.45, 2.75) is 6.92 Å². The van der Waals surface area contributed by atoms with Gasteiger partial charge in [0.05, 0.1) is 7.11 Å². The molecule has 1 rings (SSSR count). The third-order valence-corrected chi connectivity index (χ3v) is 1.48. The fourth-order valence-electron chi connectivity index (χ4n) is 0.824. The molecule has 1 N–H and O–H groups in total. The Hall–Kier alpha value is -0.414. The lowest BCUT2D eigenvalue weighted by Crippen LogP contribution is -1.85. The number of hydrogen-bond acceptors (Lipinski definition) is 2. The van der Waals surface area contributed by atoms with E-state index in [-0.39, 0.29) is 28.8 Å². The summed E-state index contributed by atoms with van der Waals surface area (Å²) in [5.41, 5.74) is 0.782. The number of methoxy groups -OCH3 is 1. The van der Waals surface area contributed by atoms with E-state index in [4.69, 9.17) is 9.84 Å². The number of phenols is 1. The average molecular weight is 164 g/mol. The molecular formula is C8H12MgO2. The summed E-state index contributed by atoms with van der Waals surface area (Å²) in [7, 11) is 1.59. The second-order valence-corrected chi connectivity index (χ2v) is 2.10. The second-order valence-electron chi connectivity index (χ2n) is 2.10. The van der Waals surface area contributed by atoms with E-state index in [0.29, 0.717) is 0 Å². The summed E-state index contributed by atoms with van der Waals surface area (Å²) in [6, 6.07) is 5.20. The molecule has 58 valence electrons. The Kier molecular flexibility index (Phi) is 4.29. The van der Waals surface area contributed by atoms with E-state index >= 15 is 0 Å². The molecule has 0 fully saturated rings. The Bertz CT molecular complexity index is 236. The van der Waals surface area contributed by atoms with E-state index in [2.05, 4.69) is 0 Å². The van der Waals surface area contributed by atoms with Crippen molar-refractivity contribution in [3.63, 3.8) is 0 Å². The molecule has 3 heteroatoms. The smallest absolute Gasteiger partial charge is 0.316 e. The molecule has 0 amide bonds. The van der Waals surface area contributed by atoms with Crippen molar-refractivity contribution in [2.75, 3.05) is 7.11 Å². The molecular weight excluding hydrogens is 152 g/mol. The van der Waals surface area contributed by atoms with Gasteiger partial charge in [0.25, 0.3) is 0 Å². The molecule has 0 radical (unpaired) electrons. The lowest BCUT2D eigenvalue weighted by molar-refractivity contribution is 0.403. The summed E-state index contributed by atoms with van der Waals surface area (Å²) in [6.07, 6.45) is 0. The van der Waals surface area contributed by atoms with Crippen molar-refractivity contribution >= 4 is 23.1 Å². The number of benzene rings is 1. The van der Waals surface area contributed by atoms with E-state index in [1.807, 2.05) is 13.0 Å². The molecule has 0 saturated carbocycles. The Balaban J connectivity index is 0.000001000. The minimum Gasteiger partial charge on any atom is -0.508 e. The Morgan fingerprint density at radius 3 is 2.45 bits per heavy atom. The molecule has 0 aromatic heterocycles. The van der Waals surface area contributed by atoms with Gasteiger partial charge >= 0.3 is 23.1 Å². The van der Waals surface area contributed by atoms with Crippen LogP contribution in [0.15, 0.2) is 18.2 Å². The number of hydrogen-bond donors (Lipinski definition) is 1. The Morgan fingerprint density at radius 2 is 2.00 bits per heavy atom. The van der Waals surface area contributed by atoms with Crippen molar-refractivity contribution in [2.24, 2.45) is 0 Å². The van der Waals surface area contributed by atoms with Gasteiger partial charge in [-0.25, -0.2) is 0 Å². The number of aromatic hydroxyl groups is 1. The largest absolute Gasteiger partial charge is 0.508 e. The molecule has 0 atom stereocenters. The first-order valence-corrected chi connectivity index (χ1v) is 3.08. The van der Waals surface area contributed by atoms with Crippen molar-refractivity contribution in [1.29, 1.82) is 0 Å². The van der Waals surface area contributed by atoms with E-state index < -0.39 is 0 Å².